The van der Waals surface area contributed by atoms with Gasteiger partial charge in [-0.3, -0.25) is 0 Å². The monoisotopic (exact) mass is 369 g/mol. The van der Waals surface area contributed by atoms with Crippen LogP contribution in [0.2, 0.25) is 0 Å². The molecule has 0 N–H and O–H groups in total. The van der Waals surface area contributed by atoms with Crippen LogP contribution in [0.1, 0.15) is 16.9 Å². The highest BCUT2D eigenvalue weighted by Gasteiger charge is 2.29. The number of rotatable bonds is 5. The third-order valence-corrected chi connectivity index (χ3v) is 6.34. The molecule has 0 unspecified atom stereocenters. The van der Waals surface area contributed by atoms with Gasteiger partial charge in [0.2, 0.25) is 10.0 Å². The molecule has 5 nitrogen and oxygen atoms in total. The zero-order valence-corrected chi connectivity index (χ0v) is 15.0. The molecule has 0 spiro atoms. The van der Waals surface area contributed by atoms with E-state index in [4.69, 9.17) is 9.15 Å². The molecule has 0 radical (unpaired) electrons. The standard InChI is InChI=1S/C20H19NO4S/c22-26(23,21-12-10-20-17(14-21)11-13-24-20)19-8-6-18(7-9-19)25-15-16-4-2-1-3-5-16/h1-9,11,13H,10,12,14-15H2. The van der Waals surface area contributed by atoms with Crippen molar-refractivity contribution in [1.29, 1.82) is 0 Å². The molecule has 0 aliphatic carbocycles. The predicted octanol–water partition coefficient (Wildman–Crippen LogP) is 3.61. The van der Waals surface area contributed by atoms with Crippen LogP contribution in [-0.2, 0) is 29.6 Å². The lowest BCUT2D eigenvalue weighted by atomic mass is 10.1. The Morgan fingerprint density at radius 2 is 1.77 bits per heavy atom. The van der Waals surface area contributed by atoms with Gasteiger partial charge in [0, 0.05) is 25.1 Å². The number of hydrogen-bond acceptors (Lipinski definition) is 4. The molecule has 3 aromatic rings. The minimum absolute atomic E-state index is 0.275. The predicted molar refractivity (Wildman–Crippen MR) is 97.2 cm³/mol. The molecule has 2 aromatic carbocycles. The third kappa shape index (κ3) is 3.38. The molecule has 4 rings (SSSR count). The first kappa shape index (κ1) is 16.9. The van der Waals surface area contributed by atoms with Crippen molar-refractivity contribution in [3.63, 3.8) is 0 Å². The van der Waals surface area contributed by atoms with Gasteiger partial charge < -0.3 is 9.15 Å². The van der Waals surface area contributed by atoms with Crippen LogP contribution in [0.4, 0.5) is 0 Å². The normalized spacial score (nSPS) is 14.8. The van der Waals surface area contributed by atoms with Crippen molar-refractivity contribution in [3.8, 4) is 5.75 Å². The van der Waals surface area contributed by atoms with E-state index in [0.29, 0.717) is 31.9 Å². The molecular weight excluding hydrogens is 350 g/mol. The summed E-state index contributed by atoms with van der Waals surface area (Å²) in [5, 5.41) is 0. The van der Waals surface area contributed by atoms with E-state index >= 15 is 0 Å². The van der Waals surface area contributed by atoms with Crippen molar-refractivity contribution in [2.75, 3.05) is 6.54 Å². The van der Waals surface area contributed by atoms with Gasteiger partial charge in [0.1, 0.15) is 18.1 Å². The van der Waals surface area contributed by atoms with E-state index in [1.807, 2.05) is 36.4 Å². The van der Waals surface area contributed by atoms with Gasteiger partial charge in [-0.15, -0.1) is 0 Å². The molecular formula is C20H19NO4S. The number of sulfonamides is 1. The van der Waals surface area contributed by atoms with Crippen LogP contribution in [0.25, 0.3) is 0 Å². The first-order valence-electron chi connectivity index (χ1n) is 8.45. The van der Waals surface area contributed by atoms with E-state index in [0.717, 1.165) is 16.9 Å². The average Bonchev–Trinajstić information content (AvgIpc) is 3.15. The molecule has 0 amide bonds. The summed E-state index contributed by atoms with van der Waals surface area (Å²) >= 11 is 0. The smallest absolute Gasteiger partial charge is 0.243 e. The Kier molecular flexibility index (Phi) is 4.53. The van der Waals surface area contributed by atoms with Crippen molar-refractivity contribution >= 4 is 10.0 Å². The van der Waals surface area contributed by atoms with E-state index < -0.39 is 10.0 Å². The van der Waals surface area contributed by atoms with Crippen LogP contribution in [0, 0.1) is 0 Å². The summed E-state index contributed by atoms with van der Waals surface area (Å²) in [6.07, 6.45) is 2.21. The van der Waals surface area contributed by atoms with Crippen molar-refractivity contribution < 1.29 is 17.6 Å². The summed E-state index contributed by atoms with van der Waals surface area (Å²) in [5.41, 5.74) is 2.00. The molecule has 1 aliphatic heterocycles. The molecule has 1 aromatic heterocycles. The van der Waals surface area contributed by atoms with Gasteiger partial charge >= 0.3 is 0 Å². The fraction of sp³-hybridized carbons (Fsp3) is 0.200. The highest BCUT2D eigenvalue weighted by atomic mass is 32.2. The SMILES string of the molecule is O=S(=O)(c1ccc(OCc2ccccc2)cc1)N1CCc2occc2C1. The molecule has 0 atom stereocenters. The Morgan fingerprint density at radius 3 is 2.54 bits per heavy atom. The summed E-state index contributed by atoms with van der Waals surface area (Å²) in [4.78, 5) is 0.275. The van der Waals surface area contributed by atoms with Gasteiger partial charge in [0.05, 0.1) is 11.2 Å². The van der Waals surface area contributed by atoms with Crippen LogP contribution < -0.4 is 4.74 Å². The second-order valence-corrected chi connectivity index (χ2v) is 8.14. The summed E-state index contributed by atoms with van der Waals surface area (Å²) < 4.78 is 38.3. The van der Waals surface area contributed by atoms with E-state index in [2.05, 4.69) is 0 Å². The summed E-state index contributed by atoms with van der Waals surface area (Å²) in [5.74, 6) is 1.52. The van der Waals surface area contributed by atoms with Crippen LogP contribution in [0.5, 0.6) is 5.75 Å². The van der Waals surface area contributed by atoms with Gasteiger partial charge in [-0.2, -0.15) is 4.31 Å². The number of furan rings is 1. The van der Waals surface area contributed by atoms with E-state index in [-0.39, 0.29) is 4.90 Å². The van der Waals surface area contributed by atoms with Crippen molar-refractivity contribution in [2.24, 2.45) is 0 Å². The Hall–Kier alpha value is -2.57. The zero-order valence-electron chi connectivity index (χ0n) is 14.2. The zero-order chi connectivity index (χ0) is 18.0. The number of benzene rings is 2. The fourth-order valence-electron chi connectivity index (χ4n) is 3.03. The molecule has 0 saturated carbocycles. The molecule has 1 aliphatic rings. The van der Waals surface area contributed by atoms with Crippen LogP contribution >= 0.6 is 0 Å². The van der Waals surface area contributed by atoms with E-state index in [1.54, 1.807) is 30.5 Å². The number of hydrogen-bond donors (Lipinski definition) is 0. The second kappa shape index (κ2) is 6.97. The quantitative estimate of drug-likeness (QED) is 0.689. The number of fused-ring (bicyclic) bond motifs is 1. The van der Waals surface area contributed by atoms with E-state index in [9.17, 15) is 8.42 Å². The fourth-order valence-corrected chi connectivity index (χ4v) is 4.44. The third-order valence-electron chi connectivity index (χ3n) is 4.48. The first-order valence-corrected chi connectivity index (χ1v) is 9.89. The molecule has 0 saturated heterocycles. The lowest BCUT2D eigenvalue weighted by Gasteiger charge is -2.25. The van der Waals surface area contributed by atoms with Crippen molar-refractivity contribution in [1.82, 2.24) is 4.31 Å². The first-order chi connectivity index (χ1) is 12.6. The molecule has 6 heteroatoms. The van der Waals surface area contributed by atoms with Crippen molar-refractivity contribution in [2.45, 2.75) is 24.5 Å². The van der Waals surface area contributed by atoms with Gasteiger partial charge in [-0.05, 0) is 35.9 Å². The number of nitrogens with zero attached hydrogens (tertiary/aromatic N) is 1. The molecule has 0 fully saturated rings. The topological polar surface area (TPSA) is 59.8 Å². The maximum Gasteiger partial charge on any atom is 0.243 e. The minimum atomic E-state index is -3.53. The minimum Gasteiger partial charge on any atom is -0.489 e. The van der Waals surface area contributed by atoms with Gasteiger partial charge in [0.25, 0.3) is 0 Å². The van der Waals surface area contributed by atoms with Gasteiger partial charge in [-0.1, -0.05) is 30.3 Å². The van der Waals surface area contributed by atoms with Crippen molar-refractivity contribution in [3.05, 3.63) is 83.8 Å². The summed E-state index contributed by atoms with van der Waals surface area (Å²) in [6, 6.07) is 18.3. The second-order valence-electron chi connectivity index (χ2n) is 6.20. The lowest BCUT2D eigenvalue weighted by molar-refractivity contribution is 0.306. The summed E-state index contributed by atoms with van der Waals surface area (Å²) in [7, 11) is -3.53. The Labute approximate surface area is 152 Å². The van der Waals surface area contributed by atoms with Gasteiger partial charge in [-0.25, -0.2) is 8.42 Å². The molecule has 2 heterocycles. The highest BCUT2D eigenvalue weighted by molar-refractivity contribution is 7.89. The van der Waals surface area contributed by atoms with E-state index in [1.165, 1.54) is 4.31 Å². The van der Waals surface area contributed by atoms with Crippen LogP contribution in [-0.4, -0.2) is 19.3 Å². The van der Waals surface area contributed by atoms with Crippen LogP contribution in [0.15, 0.2) is 76.2 Å². The molecule has 0 bridgehead atoms. The van der Waals surface area contributed by atoms with Crippen LogP contribution in [0.3, 0.4) is 0 Å². The summed E-state index contributed by atoms with van der Waals surface area (Å²) in [6.45, 7) is 1.22. The lowest BCUT2D eigenvalue weighted by Crippen LogP contribution is -2.35. The number of ether oxygens (including phenoxy) is 1. The maximum atomic E-state index is 12.9. The Morgan fingerprint density at radius 1 is 1.00 bits per heavy atom. The maximum absolute atomic E-state index is 12.9. The Balaban J connectivity index is 1.46. The Bertz CT molecular complexity index is 978. The van der Waals surface area contributed by atoms with Gasteiger partial charge in [0.15, 0.2) is 0 Å². The largest absolute Gasteiger partial charge is 0.489 e. The average molecular weight is 369 g/mol. The molecule has 26 heavy (non-hydrogen) atoms. The highest BCUT2D eigenvalue weighted by Crippen LogP contribution is 2.26. The molecule has 134 valence electrons.